The summed E-state index contributed by atoms with van der Waals surface area (Å²) in [5, 5.41) is 3.90. The van der Waals surface area contributed by atoms with Gasteiger partial charge in [0.1, 0.15) is 16.9 Å². The smallest absolute Gasteiger partial charge is 0.325 e. The molecule has 2 heterocycles. The van der Waals surface area contributed by atoms with E-state index in [1.54, 1.807) is 13.2 Å². The van der Waals surface area contributed by atoms with E-state index in [2.05, 4.69) is 10.3 Å². The Morgan fingerprint density at radius 3 is 2.69 bits per heavy atom. The van der Waals surface area contributed by atoms with Crippen LogP contribution in [0.1, 0.15) is 17.5 Å². The van der Waals surface area contributed by atoms with Crippen molar-refractivity contribution in [2.45, 2.75) is 25.4 Å². The lowest BCUT2D eigenvalue weighted by atomic mass is 10.1. The summed E-state index contributed by atoms with van der Waals surface area (Å²) >= 11 is 6.33. The van der Waals surface area contributed by atoms with Gasteiger partial charge in [-0.1, -0.05) is 41.9 Å². The number of amides is 3. The van der Waals surface area contributed by atoms with Crippen LogP contribution in [0.15, 0.2) is 54.6 Å². The molecule has 7 heteroatoms. The minimum absolute atomic E-state index is 0.0836. The molecule has 1 aliphatic rings. The Balaban J connectivity index is 1.49. The Labute approximate surface area is 173 Å². The second kappa shape index (κ2) is 8.09. The second-order valence-corrected chi connectivity index (χ2v) is 7.31. The van der Waals surface area contributed by atoms with Crippen LogP contribution < -0.4 is 10.1 Å². The number of benzene rings is 2. The minimum atomic E-state index is -0.529. The van der Waals surface area contributed by atoms with Crippen molar-refractivity contribution in [3.63, 3.8) is 0 Å². The summed E-state index contributed by atoms with van der Waals surface area (Å²) in [5.74, 6) is 0.445. The van der Waals surface area contributed by atoms with Gasteiger partial charge in [0.2, 0.25) is 0 Å². The fourth-order valence-corrected chi connectivity index (χ4v) is 3.66. The van der Waals surface area contributed by atoms with E-state index >= 15 is 0 Å². The van der Waals surface area contributed by atoms with Crippen molar-refractivity contribution in [1.29, 1.82) is 0 Å². The predicted octanol–water partition coefficient (Wildman–Crippen LogP) is 3.95. The predicted molar refractivity (Wildman–Crippen MR) is 111 cm³/mol. The van der Waals surface area contributed by atoms with Gasteiger partial charge in [-0.05, 0) is 36.6 Å². The molecule has 0 aliphatic carbocycles. The molecule has 2 aromatic carbocycles. The van der Waals surface area contributed by atoms with Crippen LogP contribution in [0.5, 0.6) is 5.75 Å². The number of nitrogens with one attached hydrogen (secondary N) is 1. The first kappa shape index (κ1) is 19.2. The van der Waals surface area contributed by atoms with E-state index in [1.165, 1.54) is 4.90 Å². The van der Waals surface area contributed by atoms with Gasteiger partial charge in [0.05, 0.1) is 19.2 Å². The summed E-state index contributed by atoms with van der Waals surface area (Å²) in [5.41, 5.74) is 2.44. The average molecular weight is 410 g/mol. The third-order valence-corrected chi connectivity index (χ3v) is 5.38. The van der Waals surface area contributed by atoms with Gasteiger partial charge >= 0.3 is 6.03 Å². The van der Waals surface area contributed by atoms with E-state index in [1.807, 2.05) is 48.5 Å². The summed E-state index contributed by atoms with van der Waals surface area (Å²) in [6, 6.07) is 16.3. The normalized spacial score (nSPS) is 16.3. The zero-order chi connectivity index (χ0) is 20.4. The lowest BCUT2D eigenvalue weighted by molar-refractivity contribution is -0.128. The molecule has 1 fully saturated rings. The number of methoxy groups -OCH3 is 1. The first-order valence-corrected chi connectivity index (χ1v) is 9.72. The average Bonchev–Trinajstić information content (AvgIpc) is 3.00. The van der Waals surface area contributed by atoms with E-state index < -0.39 is 12.1 Å². The first-order chi connectivity index (χ1) is 14.0. The van der Waals surface area contributed by atoms with Crippen LogP contribution >= 0.6 is 11.6 Å². The summed E-state index contributed by atoms with van der Waals surface area (Å²) in [6.07, 6.45) is 1.26. The van der Waals surface area contributed by atoms with E-state index in [0.29, 0.717) is 29.7 Å². The third-order valence-electron chi connectivity index (χ3n) is 5.05. The van der Waals surface area contributed by atoms with E-state index in [0.717, 1.165) is 10.9 Å². The number of nitrogens with zero attached hydrogens (tertiary/aromatic N) is 2. The zero-order valence-corrected chi connectivity index (χ0v) is 16.6. The molecule has 1 N–H and O–H groups in total. The number of carbonyl (C=O) groups is 2. The van der Waals surface area contributed by atoms with Crippen LogP contribution in [0.25, 0.3) is 10.9 Å². The summed E-state index contributed by atoms with van der Waals surface area (Å²) in [7, 11) is 1.59. The van der Waals surface area contributed by atoms with Crippen LogP contribution in [0.4, 0.5) is 4.79 Å². The highest BCUT2D eigenvalue weighted by molar-refractivity contribution is 6.30. The Hall–Kier alpha value is -3.12. The number of aromatic nitrogens is 1. The van der Waals surface area contributed by atoms with Crippen molar-refractivity contribution in [2.24, 2.45) is 0 Å². The quantitative estimate of drug-likeness (QED) is 0.494. The lowest BCUT2D eigenvalue weighted by Gasteiger charge is -2.15. The highest BCUT2D eigenvalue weighted by Gasteiger charge is 2.37. The number of urea groups is 1. The van der Waals surface area contributed by atoms with Crippen LogP contribution in [0.2, 0.25) is 5.15 Å². The third kappa shape index (κ3) is 4.03. The molecule has 4 rings (SSSR count). The maximum absolute atomic E-state index is 12.8. The summed E-state index contributed by atoms with van der Waals surface area (Å²) in [4.78, 5) is 30.7. The fraction of sp³-hybridized carbons (Fsp3) is 0.227. The number of pyridine rings is 1. The number of ether oxygens (including phenoxy) is 1. The standard InChI is InChI=1S/C22H20ClN3O3/c1-29-17-9-8-15-11-16(20(23)24-19(15)12-17)13-26-21(27)18(25-22(26)28)10-7-14-5-3-2-4-6-14/h2-6,8-9,11-12,18H,7,10,13H2,1H3,(H,25,28)/t18-/m1/s1. The number of hydrogen-bond acceptors (Lipinski definition) is 4. The number of imide groups is 1. The van der Waals surface area contributed by atoms with Gasteiger partial charge in [-0.15, -0.1) is 0 Å². The molecule has 29 heavy (non-hydrogen) atoms. The molecule has 3 amide bonds. The number of rotatable bonds is 6. The number of carbonyl (C=O) groups excluding carboxylic acids is 2. The molecule has 0 bridgehead atoms. The van der Waals surface area contributed by atoms with Gasteiger partial charge < -0.3 is 10.1 Å². The largest absolute Gasteiger partial charge is 0.497 e. The Morgan fingerprint density at radius 2 is 1.93 bits per heavy atom. The molecule has 0 spiro atoms. The minimum Gasteiger partial charge on any atom is -0.497 e. The monoisotopic (exact) mass is 409 g/mol. The van der Waals surface area contributed by atoms with E-state index in [4.69, 9.17) is 16.3 Å². The van der Waals surface area contributed by atoms with Crippen LogP contribution in [0, 0.1) is 0 Å². The number of aryl methyl sites for hydroxylation is 1. The van der Waals surface area contributed by atoms with E-state index in [9.17, 15) is 9.59 Å². The number of hydrogen-bond donors (Lipinski definition) is 1. The van der Waals surface area contributed by atoms with Gasteiger partial charge in [0.15, 0.2) is 0 Å². The summed E-state index contributed by atoms with van der Waals surface area (Å²) < 4.78 is 5.21. The van der Waals surface area contributed by atoms with Gasteiger partial charge in [0.25, 0.3) is 5.91 Å². The lowest BCUT2D eigenvalue weighted by Crippen LogP contribution is -2.31. The molecule has 1 saturated heterocycles. The second-order valence-electron chi connectivity index (χ2n) is 6.95. The van der Waals surface area contributed by atoms with Gasteiger partial charge in [-0.3, -0.25) is 9.69 Å². The molecule has 0 radical (unpaired) electrons. The Kier molecular flexibility index (Phi) is 5.36. The van der Waals surface area contributed by atoms with Crippen LogP contribution in [-0.2, 0) is 17.8 Å². The molecule has 148 valence electrons. The van der Waals surface area contributed by atoms with Crippen molar-refractivity contribution in [2.75, 3.05) is 7.11 Å². The van der Waals surface area contributed by atoms with Crippen molar-refractivity contribution >= 4 is 34.4 Å². The van der Waals surface area contributed by atoms with Crippen molar-refractivity contribution in [3.8, 4) is 5.75 Å². The van der Waals surface area contributed by atoms with Crippen LogP contribution in [-0.4, -0.2) is 35.0 Å². The number of halogens is 1. The summed E-state index contributed by atoms with van der Waals surface area (Å²) in [6.45, 7) is 0.0836. The highest BCUT2D eigenvalue weighted by atomic mass is 35.5. The molecule has 6 nitrogen and oxygen atoms in total. The maximum atomic E-state index is 12.8. The Morgan fingerprint density at radius 1 is 1.14 bits per heavy atom. The van der Waals surface area contributed by atoms with Crippen molar-refractivity contribution < 1.29 is 14.3 Å². The van der Waals surface area contributed by atoms with Gasteiger partial charge in [-0.2, -0.15) is 0 Å². The van der Waals surface area contributed by atoms with Gasteiger partial charge in [0, 0.05) is 17.0 Å². The zero-order valence-electron chi connectivity index (χ0n) is 15.9. The molecule has 0 saturated carbocycles. The molecule has 1 atom stereocenters. The molecule has 1 aliphatic heterocycles. The molecular weight excluding hydrogens is 390 g/mol. The molecular formula is C22H20ClN3O3. The Bertz CT molecular complexity index is 1070. The first-order valence-electron chi connectivity index (χ1n) is 9.34. The topological polar surface area (TPSA) is 71.5 Å². The fourth-order valence-electron chi connectivity index (χ4n) is 3.45. The number of fused-ring (bicyclic) bond motifs is 1. The molecule has 1 aromatic heterocycles. The molecule has 0 unspecified atom stereocenters. The maximum Gasteiger partial charge on any atom is 0.325 e. The highest BCUT2D eigenvalue weighted by Crippen LogP contribution is 2.26. The van der Waals surface area contributed by atoms with Crippen molar-refractivity contribution in [3.05, 3.63) is 70.9 Å². The van der Waals surface area contributed by atoms with Crippen molar-refractivity contribution in [1.82, 2.24) is 15.2 Å². The molecule has 3 aromatic rings. The SMILES string of the molecule is COc1ccc2cc(CN3C(=O)N[C@H](CCc4ccccc4)C3=O)c(Cl)nc2c1. The van der Waals surface area contributed by atoms with E-state index in [-0.39, 0.29) is 17.6 Å². The van der Waals surface area contributed by atoms with Crippen LogP contribution in [0.3, 0.4) is 0 Å². The van der Waals surface area contributed by atoms with Gasteiger partial charge in [-0.25, -0.2) is 9.78 Å².